The number of para-hydroxylation sites is 1. The van der Waals surface area contributed by atoms with Gasteiger partial charge in [-0.05, 0) is 31.2 Å². The first kappa shape index (κ1) is 25.0. The number of hydrogen-bond donors (Lipinski definition) is 1. The summed E-state index contributed by atoms with van der Waals surface area (Å²) in [6, 6.07) is 14.8. The van der Waals surface area contributed by atoms with Crippen molar-refractivity contribution in [1.29, 1.82) is 0 Å². The molecule has 1 saturated carbocycles. The van der Waals surface area contributed by atoms with E-state index in [2.05, 4.69) is 5.32 Å². The molecule has 9 heteroatoms. The summed E-state index contributed by atoms with van der Waals surface area (Å²) >= 11 is 1.43. The molecule has 1 fully saturated rings. The van der Waals surface area contributed by atoms with Gasteiger partial charge in [0.15, 0.2) is 16.7 Å². The number of fused-ring (bicyclic) bond motifs is 1. The van der Waals surface area contributed by atoms with E-state index in [0.29, 0.717) is 33.5 Å². The first-order chi connectivity index (χ1) is 18.0. The molecule has 3 aliphatic rings. The van der Waals surface area contributed by atoms with E-state index in [0.717, 1.165) is 24.1 Å². The zero-order valence-corrected chi connectivity index (χ0v) is 21.8. The largest absolute Gasteiger partial charge is 0.493 e. The van der Waals surface area contributed by atoms with Crippen molar-refractivity contribution in [3.63, 3.8) is 0 Å². The third kappa shape index (κ3) is 4.96. The minimum atomic E-state index is -0.651. The van der Waals surface area contributed by atoms with Crippen LogP contribution in [0.5, 0.6) is 11.5 Å². The van der Waals surface area contributed by atoms with E-state index in [9.17, 15) is 9.59 Å². The predicted molar refractivity (Wildman–Crippen MR) is 143 cm³/mol. The number of hydrogen-bond acceptors (Lipinski definition) is 8. The molecule has 2 aliphatic heterocycles. The Bertz CT molecular complexity index is 1300. The fourth-order valence-electron chi connectivity index (χ4n) is 4.58. The van der Waals surface area contributed by atoms with Crippen LogP contribution in [0.3, 0.4) is 0 Å². The highest BCUT2D eigenvalue weighted by molar-refractivity contribution is 8.16. The molecule has 0 bridgehead atoms. The minimum Gasteiger partial charge on any atom is -0.493 e. The maximum absolute atomic E-state index is 13.6. The smallest absolute Gasteiger partial charge is 0.338 e. The molecule has 1 atom stereocenters. The topological polar surface area (TPSA) is 89.5 Å². The van der Waals surface area contributed by atoms with Crippen LogP contribution in [-0.2, 0) is 14.3 Å². The highest BCUT2D eigenvalue weighted by atomic mass is 32.2. The van der Waals surface area contributed by atoms with E-state index in [4.69, 9.17) is 19.2 Å². The molecule has 1 aliphatic carbocycles. The van der Waals surface area contributed by atoms with Gasteiger partial charge in [-0.3, -0.25) is 4.79 Å². The number of methoxy groups -OCH3 is 2. The van der Waals surface area contributed by atoms with Crippen molar-refractivity contribution in [2.45, 2.75) is 38.3 Å². The average molecular weight is 520 g/mol. The zero-order valence-electron chi connectivity index (χ0n) is 21.0. The second kappa shape index (κ2) is 10.7. The van der Waals surface area contributed by atoms with E-state index in [-0.39, 0.29) is 25.0 Å². The second-order valence-electron chi connectivity index (χ2n) is 8.84. The summed E-state index contributed by atoms with van der Waals surface area (Å²) in [5.41, 5.74) is 3.17. The monoisotopic (exact) mass is 519 g/mol. The number of amidine groups is 1. The van der Waals surface area contributed by atoms with Crippen LogP contribution in [-0.4, -0.2) is 48.8 Å². The maximum atomic E-state index is 13.6. The lowest BCUT2D eigenvalue weighted by molar-refractivity contribution is -0.139. The summed E-state index contributed by atoms with van der Waals surface area (Å²) in [5.74, 6) is 0.515. The Kier molecular flexibility index (Phi) is 7.23. The number of carbonyl (C=O) groups is 2. The quantitative estimate of drug-likeness (QED) is 0.483. The van der Waals surface area contributed by atoms with Crippen LogP contribution >= 0.6 is 11.8 Å². The molecule has 0 unspecified atom stereocenters. The number of nitrogens with zero attached hydrogens (tertiary/aromatic N) is 2. The van der Waals surface area contributed by atoms with Crippen molar-refractivity contribution in [3.05, 3.63) is 76.3 Å². The van der Waals surface area contributed by atoms with Gasteiger partial charge in [-0.1, -0.05) is 54.2 Å². The predicted octanol–water partition coefficient (Wildman–Crippen LogP) is 4.65. The van der Waals surface area contributed by atoms with Gasteiger partial charge in [-0.25, -0.2) is 9.79 Å². The van der Waals surface area contributed by atoms with E-state index < -0.39 is 12.0 Å². The first-order valence-corrected chi connectivity index (χ1v) is 13.1. The molecular weight excluding hydrogens is 490 g/mol. The van der Waals surface area contributed by atoms with Crippen LogP contribution in [0.2, 0.25) is 0 Å². The lowest BCUT2D eigenvalue weighted by Crippen LogP contribution is -2.38. The second-order valence-corrected chi connectivity index (χ2v) is 9.68. The Hall–Kier alpha value is -3.72. The van der Waals surface area contributed by atoms with Gasteiger partial charge in [0.25, 0.3) is 0 Å². The van der Waals surface area contributed by atoms with Crippen molar-refractivity contribution in [1.82, 2.24) is 10.2 Å². The summed E-state index contributed by atoms with van der Waals surface area (Å²) in [6.07, 6.45) is 2.19. The van der Waals surface area contributed by atoms with E-state index in [1.54, 1.807) is 21.1 Å². The standard InChI is InChI=1S/C28H29N3O5S/c1-4-36-27(33)23-24(17-9-6-5-7-10-17)30-28-31(19(16-37-28)15-22(32)29-18-13-14-18)25(23)20-11-8-12-21(34-2)26(20)35-3/h5-12,16,18,25H,4,13-15H2,1-3H3,(H,29,32)/t25-/m1/s1. The van der Waals surface area contributed by atoms with Crippen LogP contribution in [0, 0.1) is 0 Å². The highest BCUT2D eigenvalue weighted by Gasteiger charge is 2.44. The van der Waals surface area contributed by atoms with Crippen molar-refractivity contribution in [2.75, 3.05) is 20.8 Å². The Morgan fingerprint density at radius 2 is 1.86 bits per heavy atom. The summed E-state index contributed by atoms with van der Waals surface area (Å²) < 4.78 is 17.0. The molecule has 192 valence electrons. The Labute approximate surface area is 220 Å². The number of rotatable bonds is 9. The summed E-state index contributed by atoms with van der Waals surface area (Å²) in [6.45, 7) is 1.99. The molecule has 0 saturated heterocycles. The number of benzene rings is 2. The number of ether oxygens (including phenoxy) is 3. The Morgan fingerprint density at radius 3 is 2.54 bits per heavy atom. The third-order valence-electron chi connectivity index (χ3n) is 6.36. The molecule has 0 radical (unpaired) electrons. The molecule has 5 rings (SSSR count). The molecule has 2 heterocycles. The number of thioether (sulfide) groups is 1. The van der Waals surface area contributed by atoms with E-state index in [1.165, 1.54) is 11.8 Å². The Balaban J connectivity index is 1.69. The van der Waals surface area contributed by atoms with Crippen LogP contribution in [0.1, 0.15) is 43.4 Å². The van der Waals surface area contributed by atoms with Gasteiger partial charge in [-0.2, -0.15) is 0 Å². The molecule has 1 N–H and O–H groups in total. The number of aliphatic imine (C=N–C) groups is 1. The molecule has 2 aromatic rings. The van der Waals surface area contributed by atoms with Gasteiger partial charge in [0.2, 0.25) is 5.91 Å². The van der Waals surface area contributed by atoms with Crippen LogP contribution in [0.25, 0.3) is 5.70 Å². The minimum absolute atomic E-state index is 0.0533. The SMILES string of the molecule is CCOC(=O)C1=C(c2ccccc2)N=C2SC=C(CC(=O)NC3CC3)N2[C@@H]1c1cccc(OC)c1OC. The van der Waals surface area contributed by atoms with Crippen molar-refractivity contribution >= 4 is 34.5 Å². The normalized spacial score (nSPS) is 18.6. The number of esters is 1. The average Bonchev–Trinajstić information content (AvgIpc) is 3.65. The molecular formula is C28H29N3O5S. The van der Waals surface area contributed by atoms with Crippen LogP contribution in [0.4, 0.5) is 0 Å². The summed E-state index contributed by atoms with van der Waals surface area (Å²) in [7, 11) is 3.15. The van der Waals surface area contributed by atoms with Gasteiger partial charge in [0, 0.05) is 22.9 Å². The fourth-order valence-corrected chi connectivity index (χ4v) is 5.50. The van der Waals surface area contributed by atoms with Gasteiger partial charge in [-0.15, -0.1) is 0 Å². The lowest BCUT2D eigenvalue weighted by Gasteiger charge is -2.37. The molecule has 2 aromatic carbocycles. The molecule has 8 nitrogen and oxygen atoms in total. The first-order valence-electron chi connectivity index (χ1n) is 12.3. The zero-order chi connectivity index (χ0) is 25.9. The molecule has 1 amide bonds. The fraction of sp³-hybridized carbons (Fsp3) is 0.321. The highest BCUT2D eigenvalue weighted by Crippen LogP contribution is 2.50. The molecule has 0 spiro atoms. The van der Waals surface area contributed by atoms with Crippen LogP contribution < -0.4 is 14.8 Å². The number of carbonyl (C=O) groups excluding carboxylic acids is 2. The number of amides is 1. The lowest BCUT2D eigenvalue weighted by atomic mass is 9.90. The summed E-state index contributed by atoms with van der Waals surface area (Å²) in [5, 5.41) is 5.67. The molecule has 0 aromatic heterocycles. The van der Waals surface area contributed by atoms with E-state index in [1.807, 2.05) is 58.8 Å². The van der Waals surface area contributed by atoms with Gasteiger partial charge < -0.3 is 24.4 Å². The van der Waals surface area contributed by atoms with Crippen molar-refractivity contribution < 1.29 is 23.8 Å². The van der Waals surface area contributed by atoms with Crippen molar-refractivity contribution in [2.24, 2.45) is 4.99 Å². The number of nitrogens with one attached hydrogen (secondary N) is 1. The van der Waals surface area contributed by atoms with Crippen molar-refractivity contribution in [3.8, 4) is 11.5 Å². The van der Waals surface area contributed by atoms with Gasteiger partial charge >= 0.3 is 5.97 Å². The summed E-state index contributed by atoms with van der Waals surface area (Å²) in [4.78, 5) is 33.3. The van der Waals surface area contributed by atoms with Crippen LogP contribution in [0.15, 0.2) is 70.2 Å². The van der Waals surface area contributed by atoms with Gasteiger partial charge in [0.05, 0.1) is 44.6 Å². The molecule has 37 heavy (non-hydrogen) atoms. The maximum Gasteiger partial charge on any atom is 0.338 e. The Morgan fingerprint density at radius 1 is 1.08 bits per heavy atom. The third-order valence-corrected chi connectivity index (χ3v) is 7.25. The van der Waals surface area contributed by atoms with Gasteiger partial charge in [0.1, 0.15) is 0 Å². The van der Waals surface area contributed by atoms with E-state index >= 15 is 0 Å².